The van der Waals surface area contributed by atoms with Crippen molar-refractivity contribution in [3.05, 3.63) is 48.3 Å². The molecule has 1 N–H and O–H groups in total. The fourth-order valence-corrected chi connectivity index (χ4v) is 3.84. The van der Waals surface area contributed by atoms with E-state index in [-0.39, 0.29) is 0 Å². The van der Waals surface area contributed by atoms with Gasteiger partial charge in [0.1, 0.15) is 5.75 Å². The highest BCUT2D eigenvalue weighted by Crippen LogP contribution is 2.33. The molecular formula is C20H27N3OS. The minimum absolute atomic E-state index is 0.322. The van der Waals surface area contributed by atoms with Crippen LogP contribution in [0.15, 0.2) is 42.6 Å². The van der Waals surface area contributed by atoms with Crippen molar-refractivity contribution in [1.29, 1.82) is 0 Å². The van der Waals surface area contributed by atoms with Gasteiger partial charge >= 0.3 is 0 Å². The maximum absolute atomic E-state index is 5.78. The molecule has 4 nitrogen and oxygen atoms in total. The Morgan fingerprint density at radius 1 is 1.16 bits per heavy atom. The molecule has 5 heteroatoms. The van der Waals surface area contributed by atoms with Gasteiger partial charge in [-0.3, -0.25) is 0 Å². The van der Waals surface area contributed by atoms with E-state index in [2.05, 4.69) is 47.1 Å². The zero-order valence-electron chi connectivity index (χ0n) is 15.2. The summed E-state index contributed by atoms with van der Waals surface area (Å²) < 4.78 is 7.44. The van der Waals surface area contributed by atoms with Gasteiger partial charge in [-0.15, -0.1) is 0 Å². The Balaban J connectivity index is 1.79. The van der Waals surface area contributed by atoms with Crippen molar-refractivity contribution >= 4 is 23.0 Å². The van der Waals surface area contributed by atoms with Crippen molar-refractivity contribution in [2.75, 3.05) is 19.0 Å². The molecule has 3 rings (SSSR count). The molecule has 1 saturated heterocycles. The molecule has 1 aliphatic rings. The smallest absolute Gasteiger partial charge is 0.173 e. The van der Waals surface area contributed by atoms with Gasteiger partial charge in [-0.2, -0.15) is 0 Å². The van der Waals surface area contributed by atoms with Crippen LogP contribution in [0, 0.1) is 5.92 Å². The maximum atomic E-state index is 5.78. The Morgan fingerprint density at radius 2 is 1.92 bits per heavy atom. The number of anilines is 1. The van der Waals surface area contributed by atoms with Crippen molar-refractivity contribution in [3.8, 4) is 5.75 Å². The second-order valence-electron chi connectivity index (χ2n) is 6.88. The predicted octanol–water partition coefficient (Wildman–Crippen LogP) is 4.59. The van der Waals surface area contributed by atoms with Crippen LogP contribution in [0.25, 0.3) is 0 Å². The lowest BCUT2D eigenvalue weighted by atomic mass is 10.0. The molecule has 1 aromatic heterocycles. The van der Waals surface area contributed by atoms with Gasteiger partial charge in [-0.25, -0.2) is 0 Å². The first-order valence-electron chi connectivity index (χ1n) is 8.91. The van der Waals surface area contributed by atoms with Crippen LogP contribution in [0.3, 0.4) is 0 Å². The Hall–Kier alpha value is -2.01. The summed E-state index contributed by atoms with van der Waals surface area (Å²) in [6, 6.07) is 12.6. The lowest BCUT2D eigenvalue weighted by molar-refractivity contribution is 0.314. The molecule has 2 heterocycles. The van der Waals surface area contributed by atoms with Crippen LogP contribution < -0.4 is 10.1 Å². The number of hydrogen-bond acceptors (Lipinski definition) is 2. The summed E-state index contributed by atoms with van der Waals surface area (Å²) in [5.74, 6) is 1.58. The third-order valence-electron chi connectivity index (χ3n) is 5.10. The molecule has 0 radical (unpaired) electrons. The first kappa shape index (κ1) is 17.8. The molecule has 1 aromatic carbocycles. The Morgan fingerprint density at radius 3 is 2.56 bits per heavy atom. The maximum Gasteiger partial charge on any atom is 0.173 e. The normalized spacial score (nSPS) is 20.8. The van der Waals surface area contributed by atoms with Crippen LogP contribution in [0.4, 0.5) is 5.69 Å². The highest BCUT2D eigenvalue weighted by Gasteiger charge is 2.28. The molecule has 0 amide bonds. The van der Waals surface area contributed by atoms with Crippen LogP contribution in [0.2, 0.25) is 0 Å². The van der Waals surface area contributed by atoms with Gasteiger partial charge in [0.2, 0.25) is 0 Å². The fraction of sp³-hybridized carbons (Fsp3) is 0.450. The number of likely N-dealkylation sites (tertiary alicyclic amines) is 1. The summed E-state index contributed by atoms with van der Waals surface area (Å²) >= 11 is 5.78. The van der Waals surface area contributed by atoms with Gasteiger partial charge in [0.15, 0.2) is 5.11 Å². The van der Waals surface area contributed by atoms with Crippen molar-refractivity contribution in [1.82, 2.24) is 9.47 Å². The Kier molecular flexibility index (Phi) is 5.63. The van der Waals surface area contributed by atoms with Gasteiger partial charge in [0.25, 0.3) is 0 Å². The number of aryl methyl sites for hydroxylation is 1. The van der Waals surface area contributed by atoms with E-state index in [4.69, 9.17) is 17.0 Å². The van der Waals surface area contributed by atoms with Crippen molar-refractivity contribution in [2.24, 2.45) is 13.0 Å². The van der Waals surface area contributed by atoms with Crippen LogP contribution in [0.1, 0.15) is 37.9 Å². The first-order chi connectivity index (χ1) is 12.1. The molecule has 0 spiro atoms. The number of ether oxygens (including phenoxy) is 1. The second-order valence-corrected chi connectivity index (χ2v) is 7.27. The topological polar surface area (TPSA) is 29.4 Å². The van der Waals surface area contributed by atoms with Gasteiger partial charge < -0.3 is 19.5 Å². The van der Waals surface area contributed by atoms with E-state index in [1.54, 1.807) is 7.11 Å². The van der Waals surface area contributed by atoms with Gasteiger partial charge in [-0.05, 0) is 73.8 Å². The predicted molar refractivity (Wildman–Crippen MR) is 107 cm³/mol. The largest absolute Gasteiger partial charge is 0.497 e. The monoisotopic (exact) mass is 357 g/mol. The number of methoxy groups -OCH3 is 1. The van der Waals surface area contributed by atoms with Crippen LogP contribution >= 0.6 is 12.2 Å². The molecule has 0 aliphatic carbocycles. The van der Waals surface area contributed by atoms with Crippen molar-refractivity contribution in [3.63, 3.8) is 0 Å². The molecular weight excluding hydrogens is 330 g/mol. The van der Waals surface area contributed by atoms with E-state index in [1.165, 1.54) is 18.5 Å². The van der Waals surface area contributed by atoms with E-state index in [9.17, 15) is 0 Å². The SMILES string of the molecule is COc1ccc(NC(=S)N2CC[C@@H](C)CC[C@@H]2c2cccn2C)cc1. The summed E-state index contributed by atoms with van der Waals surface area (Å²) in [6.07, 6.45) is 5.65. The van der Waals surface area contributed by atoms with E-state index in [0.717, 1.165) is 35.4 Å². The molecule has 134 valence electrons. The zero-order valence-corrected chi connectivity index (χ0v) is 16.1. The molecule has 1 fully saturated rings. The number of nitrogens with zero attached hydrogens (tertiary/aromatic N) is 2. The van der Waals surface area contributed by atoms with Gasteiger partial charge in [0, 0.05) is 31.2 Å². The number of thiocarbonyl (C=S) groups is 1. The Bertz CT molecular complexity index is 710. The minimum atomic E-state index is 0.322. The lowest BCUT2D eigenvalue weighted by Gasteiger charge is -2.33. The molecule has 2 aromatic rings. The number of aromatic nitrogens is 1. The van der Waals surface area contributed by atoms with Gasteiger partial charge in [0.05, 0.1) is 13.2 Å². The first-order valence-corrected chi connectivity index (χ1v) is 9.32. The molecule has 1 aliphatic heterocycles. The summed E-state index contributed by atoms with van der Waals surface area (Å²) in [5.41, 5.74) is 2.32. The molecule has 0 saturated carbocycles. The van der Waals surface area contributed by atoms with E-state index >= 15 is 0 Å². The number of hydrogen-bond donors (Lipinski definition) is 1. The number of nitrogens with one attached hydrogen (secondary N) is 1. The average Bonchev–Trinajstić information content (AvgIpc) is 2.94. The fourth-order valence-electron chi connectivity index (χ4n) is 3.50. The third kappa shape index (κ3) is 4.15. The number of benzene rings is 1. The van der Waals surface area contributed by atoms with Crippen molar-refractivity contribution in [2.45, 2.75) is 32.2 Å². The summed E-state index contributed by atoms with van der Waals surface area (Å²) in [5, 5.41) is 4.21. The molecule has 25 heavy (non-hydrogen) atoms. The van der Waals surface area contributed by atoms with Crippen molar-refractivity contribution < 1.29 is 4.74 Å². The Labute approximate surface area is 155 Å². The lowest BCUT2D eigenvalue weighted by Crippen LogP contribution is -2.38. The standard InChI is InChI=1S/C20H27N3OS/c1-15-6-11-19(18-5-4-13-22(18)2)23(14-12-15)20(25)21-16-7-9-17(24-3)10-8-16/h4-5,7-10,13,15,19H,6,11-12,14H2,1-3H3,(H,21,25)/t15-,19+/m0/s1. The van der Waals surface area contributed by atoms with Crippen LogP contribution in [-0.2, 0) is 7.05 Å². The van der Waals surface area contributed by atoms with Crippen LogP contribution in [0.5, 0.6) is 5.75 Å². The second kappa shape index (κ2) is 7.91. The number of rotatable bonds is 3. The highest BCUT2D eigenvalue weighted by atomic mass is 32.1. The quantitative estimate of drug-likeness (QED) is 0.814. The highest BCUT2D eigenvalue weighted by molar-refractivity contribution is 7.80. The molecule has 0 unspecified atom stereocenters. The van der Waals surface area contributed by atoms with E-state index in [1.807, 2.05) is 24.3 Å². The zero-order chi connectivity index (χ0) is 17.8. The summed E-state index contributed by atoms with van der Waals surface area (Å²) in [4.78, 5) is 2.36. The molecule has 2 atom stereocenters. The summed E-state index contributed by atoms with van der Waals surface area (Å²) in [7, 11) is 3.79. The van der Waals surface area contributed by atoms with E-state index < -0.39 is 0 Å². The average molecular weight is 358 g/mol. The van der Waals surface area contributed by atoms with Crippen LogP contribution in [-0.4, -0.2) is 28.2 Å². The minimum Gasteiger partial charge on any atom is -0.497 e. The van der Waals surface area contributed by atoms with E-state index in [0.29, 0.717) is 6.04 Å². The van der Waals surface area contributed by atoms with Gasteiger partial charge in [-0.1, -0.05) is 6.92 Å². The summed E-state index contributed by atoms with van der Waals surface area (Å²) in [6.45, 7) is 3.32. The third-order valence-corrected chi connectivity index (χ3v) is 5.44. The molecule has 0 bridgehead atoms.